The molecule has 0 aromatic carbocycles. The summed E-state index contributed by atoms with van der Waals surface area (Å²) in [6, 6.07) is 0. The Bertz CT molecular complexity index is 264. The second kappa shape index (κ2) is 10.5. The van der Waals surface area contributed by atoms with Crippen molar-refractivity contribution in [2.45, 2.75) is 52.9 Å². The summed E-state index contributed by atoms with van der Waals surface area (Å²) in [4.78, 5) is 0. The van der Waals surface area contributed by atoms with Gasteiger partial charge in [0, 0.05) is 0 Å². The summed E-state index contributed by atoms with van der Waals surface area (Å²) in [6.45, 7) is 10.4. The van der Waals surface area contributed by atoms with Crippen LogP contribution in [0.25, 0.3) is 0 Å². The fourth-order valence-corrected chi connectivity index (χ4v) is 1.67. The maximum absolute atomic E-state index is 3.79. The fourth-order valence-electron chi connectivity index (χ4n) is 1.67. The van der Waals surface area contributed by atoms with E-state index in [1.165, 1.54) is 11.1 Å². The van der Waals surface area contributed by atoms with Crippen molar-refractivity contribution in [3.05, 3.63) is 48.1 Å². The molecule has 0 N–H and O–H groups in total. The van der Waals surface area contributed by atoms with E-state index in [9.17, 15) is 0 Å². The number of allylic oxidation sites excluding steroid dienone is 7. The Morgan fingerprint density at radius 3 is 2.19 bits per heavy atom. The van der Waals surface area contributed by atoms with Crippen LogP contribution < -0.4 is 0 Å². The molecule has 0 spiro atoms. The molecule has 0 nitrogen and oxygen atoms in total. The highest BCUT2D eigenvalue weighted by atomic mass is 14.0. The van der Waals surface area contributed by atoms with Gasteiger partial charge in [-0.15, -0.1) is 6.58 Å². The van der Waals surface area contributed by atoms with Gasteiger partial charge in [0.05, 0.1) is 0 Å². The normalized spacial score (nSPS) is 13.4. The molecule has 0 bridgehead atoms. The Morgan fingerprint density at radius 1 is 1.00 bits per heavy atom. The lowest BCUT2D eigenvalue weighted by atomic mass is 10.1. The molecule has 0 atom stereocenters. The van der Waals surface area contributed by atoms with Gasteiger partial charge in [0.15, 0.2) is 0 Å². The fraction of sp³-hybridized carbons (Fsp3) is 0.500. The minimum Gasteiger partial charge on any atom is -0.103 e. The quantitative estimate of drug-likeness (QED) is 0.368. The van der Waals surface area contributed by atoms with Crippen molar-refractivity contribution >= 4 is 0 Å². The highest BCUT2D eigenvalue weighted by Crippen LogP contribution is 2.11. The molecular weight excluding hydrogens is 192 g/mol. The smallest absolute Gasteiger partial charge is 0.0103 e. The van der Waals surface area contributed by atoms with E-state index in [0.29, 0.717) is 0 Å². The Morgan fingerprint density at radius 2 is 1.69 bits per heavy atom. The van der Waals surface area contributed by atoms with Gasteiger partial charge in [0.1, 0.15) is 0 Å². The lowest BCUT2D eigenvalue weighted by Gasteiger charge is -2.00. The van der Waals surface area contributed by atoms with Crippen LogP contribution in [-0.2, 0) is 0 Å². The highest BCUT2D eigenvalue weighted by Gasteiger charge is 1.91. The summed E-state index contributed by atoms with van der Waals surface area (Å²) >= 11 is 0. The van der Waals surface area contributed by atoms with Crippen molar-refractivity contribution in [3.63, 3.8) is 0 Å². The topological polar surface area (TPSA) is 0 Å². The summed E-state index contributed by atoms with van der Waals surface area (Å²) in [5.74, 6) is 0. The molecule has 0 aromatic rings. The van der Waals surface area contributed by atoms with Crippen LogP contribution in [0.1, 0.15) is 52.9 Å². The van der Waals surface area contributed by atoms with Crippen molar-refractivity contribution in [2.75, 3.05) is 0 Å². The van der Waals surface area contributed by atoms with Crippen LogP contribution in [0.5, 0.6) is 0 Å². The van der Waals surface area contributed by atoms with E-state index < -0.39 is 0 Å². The van der Waals surface area contributed by atoms with Crippen molar-refractivity contribution in [3.8, 4) is 0 Å². The average Bonchev–Trinajstić information content (AvgIpc) is 2.28. The van der Waals surface area contributed by atoms with E-state index in [1.54, 1.807) is 0 Å². The van der Waals surface area contributed by atoms with Gasteiger partial charge < -0.3 is 0 Å². The van der Waals surface area contributed by atoms with Gasteiger partial charge >= 0.3 is 0 Å². The Balaban J connectivity index is 4.28. The molecule has 0 fully saturated rings. The largest absolute Gasteiger partial charge is 0.103 e. The molecule has 0 unspecified atom stereocenters. The zero-order valence-corrected chi connectivity index (χ0v) is 11.1. The van der Waals surface area contributed by atoms with E-state index in [1.807, 2.05) is 6.08 Å². The van der Waals surface area contributed by atoms with Gasteiger partial charge in [0.25, 0.3) is 0 Å². The SMILES string of the molecule is C=CCC(C=CCC(=CCC)CC)=CCC. The van der Waals surface area contributed by atoms with Crippen LogP contribution in [0.15, 0.2) is 48.1 Å². The van der Waals surface area contributed by atoms with Gasteiger partial charge in [-0.3, -0.25) is 0 Å². The molecular formula is C16H26. The van der Waals surface area contributed by atoms with Crippen LogP contribution in [0.2, 0.25) is 0 Å². The van der Waals surface area contributed by atoms with Crippen molar-refractivity contribution in [2.24, 2.45) is 0 Å². The third-order valence-corrected chi connectivity index (χ3v) is 2.51. The third-order valence-electron chi connectivity index (χ3n) is 2.51. The minimum atomic E-state index is 0.975. The molecule has 0 radical (unpaired) electrons. The predicted molar refractivity (Wildman–Crippen MR) is 75.6 cm³/mol. The lowest BCUT2D eigenvalue weighted by Crippen LogP contribution is -1.80. The minimum absolute atomic E-state index is 0.975. The predicted octanol–water partition coefficient (Wildman–Crippen LogP) is 5.59. The van der Waals surface area contributed by atoms with Gasteiger partial charge in [-0.1, -0.05) is 56.7 Å². The standard InChI is InChI=1S/C16H26/c1-5-10-15(8-4)13-9-14-16(11-6-2)12-7-3/h6,9-10,12,14H,2,5,7-8,11,13H2,1,3-4H3. The molecule has 0 heteroatoms. The van der Waals surface area contributed by atoms with E-state index in [4.69, 9.17) is 0 Å². The molecule has 0 rings (SSSR count). The second-order valence-corrected chi connectivity index (χ2v) is 3.91. The first-order valence-electron chi connectivity index (χ1n) is 6.42. The Kier molecular flexibility index (Phi) is 9.80. The van der Waals surface area contributed by atoms with Gasteiger partial charge in [-0.25, -0.2) is 0 Å². The first-order chi connectivity index (χ1) is 7.78. The van der Waals surface area contributed by atoms with E-state index in [0.717, 1.165) is 32.1 Å². The van der Waals surface area contributed by atoms with Gasteiger partial charge in [0.2, 0.25) is 0 Å². The van der Waals surface area contributed by atoms with E-state index in [2.05, 4.69) is 51.7 Å². The third kappa shape index (κ3) is 7.28. The zero-order valence-electron chi connectivity index (χ0n) is 11.1. The molecule has 0 aliphatic heterocycles. The van der Waals surface area contributed by atoms with E-state index >= 15 is 0 Å². The molecule has 90 valence electrons. The summed E-state index contributed by atoms with van der Waals surface area (Å²) in [6.07, 6.45) is 16.5. The molecule has 0 heterocycles. The van der Waals surface area contributed by atoms with Crippen molar-refractivity contribution < 1.29 is 0 Å². The van der Waals surface area contributed by atoms with Crippen LogP contribution >= 0.6 is 0 Å². The van der Waals surface area contributed by atoms with Crippen LogP contribution in [0.3, 0.4) is 0 Å². The maximum atomic E-state index is 3.79. The molecule has 0 saturated heterocycles. The highest BCUT2D eigenvalue weighted by molar-refractivity contribution is 5.22. The molecule has 0 aromatic heterocycles. The summed E-state index contributed by atoms with van der Waals surface area (Å²) in [5, 5.41) is 0. The molecule has 0 amide bonds. The van der Waals surface area contributed by atoms with Gasteiger partial charge in [-0.05, 0) is 37.7 Å². The molecule has 16 heavy (non-hydrogen) atoms. The summed E-state index contributed by atoms with van der Waals surface area (Å²) < 4.78 is 0. The average molecular weight is 218 g/mol. The first-order valence-corrected chi connectivity index (χ1v) is 6.42. The van der Waals surface area contributed by atoms with Crippen LogP contribution in [0.4, 0.5) is 0 Å². The maximum Gasteiger partial charge on any atom is -0.0103 e. The zero-order chi connectivity index (χ0) is 12.2. The number of rotatable bonds is 8. The van der Waals surface area contributed by atoms with Crippen LogP contribution in [-0.4, -0.2) is 0 Å². The molecule has 0 saturated carbocycles. The van der Waals surface area contributed by atoms with Crippen LogP contribution in [0, 0.1) is 0 Å². The molecule has 0 aliphatic carbocycles. The summed E-state index contributed by atoms with van der Waals surface area (Å²) in [5.41, 5.74) is 2.91. The lowest BCUT2D eigenvalue weighted by molar-refractivity contribution is 0.999. The summed E-state index contributed by atoms with van der Waals surface area (Å²) in [7, 11) is 0. The molecule has 0 aliphatic rings. The first kappa shape index (κ1) is 15.0. The van der Waals surface area contributed by atoms with Gasteiger partial charge in [-0.2, -0.15) is 0 Å². The number of hydrogen-bond donors (Lipinski definition) is 0. The van der Waals surface area contributed by atoms with Crippen molar-refractivity contribution in [1.29, 1.82) is 0 Å². The Labute approximate surface area is 101 Å². The van der Waals surface area contributed by atoms with Crippen molar-refractivity contribution in [1.82, 2.24) is 0 Å². The van der Waals surface area contributed by atoms with E-state index in [-0.39, 0.29) is 0 Å². The number of hydrogen-bond acceptors (Lipinski definition) is 0. The Hall–Kier alpha value is -1.04. The second-order valence-electron chi connectivity index (χ2n) is 3.91. The monoisotopic (exact) mass is 218 g/mol.